The SMILES string of the molecule is O=C(Cn1nnc(-c2ccccc2Cl)n1)c1ccc(F)cc1. The molecule has 0 spiro atoms. The van der Waals surface area contributed by atoms with Crippen molar-refractivity contribution < 1.29 is 9.18 Å². The molecule has 0 amide bonds. The Kier molecular flexibility index (Phi) is 3.93. The lowest BCUT2D eigenvalue weighted by Gasteiger charge is -2.00. The molecule has 0 bridgehead atoms. The summed E-state index contributed by atoms with van der Waals surface area (Å²) in [6.07, 6.45) is 0. The van der Waals surface area contributed by atoms with E-state index < -0.39 is 5.82 Å². The third-order valence-corrected chi connectivity index (χ3v) is 3.35. The maximum atomic E-state index is 12.8. The van der Waals surface area contributed by atoms with Crippen molar-refractivity contribution in [2.75, 3.05) is 0 Å². The quantitative estimate of drug-likeness (QED) is 0.694. The normalized spacial score (nSPS) is 10.6. The number of rotatable bonds is 4. The number of carbonyl (C=O) groups is 1. The highest BCUT2D eigenvalue weighted by Gasteiger charge is 2.12. The fraction of sp³-hybridized carbons (Fsp3) is 0.0667. The maximum absolute atomic E-state index is 12.8. The molecule has 0 aliphatic carbocycles. The summed E-state index contributed by atoms with van der Waals surface area (Å²) in [6, 6.07) is 12.4. The van der Waals surface area contributed by atoms with Gasteiger partial charge in [-0.25, -0.2) is 4.39 Å². The van der Waals surface area contributed by atoms with E-state index in [1.165, 1.54) is 29.1 Å². The first-order valence-corrected chi connectivity index (χ1v) is 6.83. The van der Waals surface area contributed by atoms with E-state index in [9.17, 15) is 9.18 Å². The van der Waals surface area contributed by atoms with Gasteiger partial charge in [-0.2, -0.15) is 4.80 Å². The molecule has 5 nitrogen and oxygen atoms in total. The molecule has 0 aliphatic rings. The van der Waals surface area contributed by atoms with Gasteiger partial charge in [0, 0.05) is 11.1 Å². The topological polar surface area (TPSA) is 60.7 Å². The lowest BCUT2D eigenvalue weighted by atomic mass is 10.1. The molecule has 3 aromatic rings. The molecule has 3 rings (SSSR count). The monoisotopic (exact) mass is 316 g/mol. The van der Waals surface area contributed by atoms with Crippen LogP contribution in [0.25, 0.3) is 11.4 Å². The van der Waals surface area contributed by atoms with Gasteiger partial charge >= 0.3 is 0 Å². The van der Waals surface area contributed by atoms with Crippen molar-refractivity contribution in [3.05, 3.63) is 64.9 Å². The summed E-state index contributed by atoms with van der Waals surface area (Å²) in [5.41, 5.74) is 1.03. The van der Waals surface area contributed by atoms with Crippen LogP contribution in [0.3, 0.4) is 0 Å². The second-order valence-corrected chi connectivity index (χ2v) is 4.96. The Bertz CT molecular complexity index is 816. The average Bonchev–Trinajstić information content (AvgIpc) is 2.96. The zero-order valence-electron chi connectivity index (χ0n) is 11.3. The number of carbonyl (C=O) groups excluding carboxylic acids is 1. The molecule has 1 aromatic heterocycles. The van der Waals surface area contributed by atoms with Crippen molar-refractivity contribution in [2.45, 2.75) is 6.54 Å². The van der Waals surface area contributed by atoms with E-state index in [4.69, 9.17) is 11.6 Å². The van der Waals surface area contributed by atoms with E-state index in [2.05, 4.69) is 15.4 Å². The van der Waals surface area contributed by atoms with Gasteiger partial charge in [0.15, 0.2) is 5.78 Å². The third kappa shape index (κ3) is 3.01. The second kappa shape index (κ2) is 6.03. The smallest absolute Gasteiger partial charge is 0.206 e. The van der Waals surface area contributed by atoms with Gasteiger partial charge < -0.3 is 0 Å². The van der Waals surface area contributed by atoms with Gasteiger partial charge in [0.25, 0.3) is 0 Å². The van der Waals surface area contributed by atoms with E-state index in [1.807, 2.05) is 6.07 Å². The number of tetrazole rings is 1. The van der Waals surface area contributed by atoms with E-state index in [-0.39, 0.29) is 12.3 Å². The minimum Gasteiger partial charge on any atom is -0.292 e. The molecule has 2 aromatic carbocycles. The van der Waals surface area contributed by atoms with E-state index in [0.29, 0.717) is 22.0 Å². The Morgan fingerprint density at radius 2 is 1.86 bits per heavy atom. The first kappa shape index (κ1) is 14.3. The van der Waals surface area contributed by atoms with E-state index in [0.717, 1.165) is 0 Å². The maximum Gasteiger partial charge on any atom is 0.206 e. The number of nitrogens with zero attached hydrogens (tertiary/aromatic N) is 4. The lowest BCUT2D eigenvalue weighted by Crippen LogP contribution is -2.13. The molecule has 0 saturated heterocycles. The van der Waals surface area contributed by atoms with Gasteiger partial charge in [-0.1, -0.05) is 23.7 Å². The van der Waals surface area contributed by atoms with Crippen LogP contribution in [0.5, 0.6) is 0 Å². The van der Waals surface area contributed by atoms with Crippen molar-refractivity contribution >= 4 is 17.4 Å². The highest BCUT2D eigenvalue weighted by molar-refractivity contribution is 6.33. The molecule has 0 radical (unpaired) electrons. The molecule has 0 N–H and O–H groups in total. The van der Waals surface area contributed by atoms with Crippen LogP contribution in [0.4, 0.5) is 4.39 Å². The molecule has 7 heteroatoms. The third-order valence-electron chi connectivity index (χ3n) is 3.02. The van der Waals surface area contributed by atoms with Crippen LogP contribution in [0.1, 0.15) is 10.4 Å². The zero-order valence-corrected chi connectivity index (χ0v) is 12.0. The van der Waals surface area contributed by atoms with Crippen LogP contribution < -0.4 is 0 Å². The Morgan fingerprint density at radius 3 is 2.59 bits per heavy atom. The fourth-order valence-electron chi connectivity index (χ4n) is 1.92. The van der Waals surface area contributed by atoms with Crippen molar-refractivity contribution in [1.82, 2.24) is 20.2 Å². The Labute approximate surface area is 130 Å². The molecule has 110 valence electrons. The number of Topliss-reactive ketones (excluding diaryl/α,β-unsaturated/α-hetero) is 1. The summed E-state index contributed by atoms with van der Waals surface area (Å²) in [5, 5.41) is 12.4. The molecule has 0 aliphatic heterocycles. The van der Waals surface area contributed by atoms with Crippen molar-refractivity contribution in [3.8, 4) is 11.4 Å². The number of ketones is 1. The number of hydrogen-bond donors (Lipinski definition) is 0. The minimum absolute atomic E-state index is 0.0803. The van der Waals surface area contributed by atoms with Crippen LogP contribution >= 0.6 is 11.6 Å². The van der Waals surface area contributed by atoms with Gasteiger partial charge in [-0.05, 0) is 41.6 Å². The van der Waals surface area contributed by atoms with E-state index >= 15 is 0 Å². The van der Waals surface area contributed by atoms with Gasteiger partial charge in [-0.15, -0.1) is 10.2 Å². The predicted molar refractivity (Wildman–Crippen MR) is 79.0 cm³/mol. The van der Waals surface area contributed by atoms with Gasteiger partial charge in [-0.3, -0.25) is 4.79 Å². The summed E-state index contributed by atoms with van der Waals surface area (Å²) < 4.78 is 12.8. The summed E-state index contributed by atoms with van der Waals surface area (Å²) in [4.78, 5) is 13.2. The van der Waals surface area contributed by atoms with E-state index in [1.54, 1.807) is 18.2 Å². The van der Waals surface area contributed by atoms with Crippen molar-refractivity contribution in [1.29, 1.82) is 0 Å². The number of hydrogen-bond acceptors (Lipinski definition) is 4. The molecular formula is C15H10ClFN4O. The summed E-state index contributed by atoms with van der Waals surface area (Å²) >= 11 is 6.06. The molecule has 0 atom stereocenters. The Hall–Kier alpha value is -2.60. The minimum atomic E-state index is -0.392. The van der Waals surface area contributed by atoms with Gasteiger partial charge in [0.1, 0.15) is 12.4 Å². The fourth-order valence-corrected chi connectivity index (χ4v) is 2.14. The number of halogens is 2. The summed E-state index contributed by atoms with van der Waals surface area (Å²) in [5.74, 6) is -0.281. The van der Waals surface area contributed by atoms with Crippen LogP contribution in [-0.4, -0.2) is 26.0 Å². The highest BCUT2D eigenvalue weighted by atomic mass is 35.5. The Balaban J connectivity index is 1.78. The van der Waals surface area contributed by atoms with Crippen molar-refractivity contribution in [2.24, 2.45) is 0 Å². The van der Waals surface area contributed by atoms with Crippen LogP contribution in [0.15, 0.2) is 48.5 Å². The summed E-state index contributed by atoms with van der Waals surface area (Å²) in [6.45, 7) is -0.0803. The predicted octanol–water partition coefficient (Wildman–Crippen LogP) is 3.02. The van der Waals surface area contributed by atoms with Crippen LogP contribution in [0.2, 0.25) is 5.02 Å². The van der Waals surface area contributed by atoms with Gasteiger partial charge in [0.05, 0.1) is 5.02 Å². The molecule has 0 unspecified atom stereocenters. The largest absolute Gasteiger partial charge is 0.292 e. The average molecular weight is 317 g/mol. The molecule has 0 fully saturated rings. The van der Waals surface area contributed by atoms with Crippen LogP contribution in [0, 0.1) is 5.82 Å². The second-order valence-electron chi connectivity index (χ2n) is 4.55. The number of aromatic nitrogens is 4. The highest BCUT2D eigenvalue weighted by Crippen LogP contribution is 2.23. The van der Waals surface area contributed by atoms with Crippen LogP contribution in [-0.2, 0) is 6.54 Å². The Morgan fingerprint density at radius 1 is 1.14 bits per heavy atom. The first-order valence-electron chi connectivity index (χ1n) is 6.45. The first-order chi connectivity index (χ1) is 10.6. The number of benzene rings is 2. The molecule has 0 saturated carbocycles. The van der Waals surface area contributed by atoms with Crippen molar-refractivity contribution in [3.63, 3.8) is 0 Å². The summed E-state index contributed by atoms with van der Waals surface area (Å²) in [7, 11) is 0. The molecular weight excluding hydrogens is 307 g/mol. The molecule has 22 heavy (non-hydrogen) atoms. The standard InChI is InChI=1S/C15H10ClFN4O/c16-13-4-2-1-3-12(13)15-18-20-21(19-15)9-14(22)10-5-7-11(17)8-6-10/h1-8H,9H2. The molecule has 1 heterocycles. The van der Waals surface area contributed by atoms with Gasteiger partial charge in [0.2, 0.25) is 5.82 Å². The lowest BCUT2D eigenvalue weighted by molar-refractivity contribution is 0.0961. The zero-order chi connectivity index (χ0) is 15.5.